The first-order chi connectivity index (χ1) is 7.05. The molecule has 1 aliphatic heterocycles. The van der Waals surface area contributed by atoms with E-state index in [9.17, 15) is 4.79 Å². The standard InChI is InChI=1S/C11H20N2O2/c1-11(2)8(4-9(11)15-3)13-10(14)7-5-12-6-7/h7-9,12H,4-6H2,1-3H3,(H,13,14). The molecular formula is C11H20N2O2. The van der Waals surface area contributed by atoms with Crippen LogP contribution in [0, 0.1) is 11.3 Å². The molecule has 2 unspecified atom stereocenters. The van der Waals surface area contributed by atoms with Gasteiger partial charge in [-0.3, -0.25) is 4.79 Å². The minimum absolute atomic E-state index is 0.0710. The second kappa shape index (κ2) is 3.76. The van der Waals surface area contributed by atoms with E-state index in [-0.39, 0.29) is 29.4 Å². The van der Waals surface area contributed by atoms with Crippen LogP contribution in [0.4, 0.5) is 0 Å². The largest absolute Gasteiger partial charge is 0.381 e. The molecule has 2 aliphatic rings. The van der Waals surface area contributed by atoms with E-state index in [1.54, 1.807) is 7.11 Å². The first-order valence-electron chi connectivity index (χ1n) is 5.59. The maximum Gasteiger partial charge on any atom is 0.225 e. The van der Waals surface area contributed by atoms with Gasteiger partial charge in [0.05, 0.1) is 12.0 Å². The number of ether oxygens (including phenoxy) is 1. The van der Waals surface area contributed by atoms with Crippen molar-refractivity contribution in [2.75, 3.05) is 20.2 Å². The van der Waals surface area contributed by atoms with Gasteiger partial charge >= 0.3 is 0 Å². The third-order valence-corrected chi connectivity index (χ3v) is 3.93. The van der Waals surface area contributed by atoms with Crippen molar-refractivity contribution in [3.63, 3.8) is 0 Å². The predicted octanol–water partition coefficient (Wildman–Crippen LogP) is 0.135. The number of nitrogens with one attached hydrogen (secondary N) is 2. The molecule has 4 nitrogen and oxygen atoms in total. The van der Waals surface area contributed by atoms with Gasteiger partial charge in [0.15, 0.2) is 0 Å². The molecule has 2 rings (SSSR count). The number of amides is 1. The van der Waals surface area contributed by atoms with Crippen molar-refractivity contribution in [3.05, 3.63) is 0 Å². The van der Waals surface area contributed by atoms with Crippen LogP contribution in [-0.4, -0.2) is 38.3 Å². The molecule has 1 amide bonds. The van der Waals surface area contributed by atoms with E-state index in [1.807, 2.05) is 0 Å². The summed E-state index contributed by atoms with van der Waals surface area (Å²) < 4.78 is 5.35. The summed E-state index contributed by atoms with van der Waals surface area (Å²) in [5.41, 5.74) is 0.0710. The van der Waals surface area contributed by atoms with E-state index in [4.69, 9.17) is 4.74 Å². The van der Waals surface area contributed by atoms with Gasteiger partial charge < -0.3 is 15.4 Å². The third kappa shape index (κ3) is 1.76. The van der Waals surface area contributed by atoms with Crippen molar-refractivity contribution >= 4 is 5.91 Å². The van der Waals surface area contributed by atoms with Crippen molar-refractivity contribution < 1.29 is 9.53 Å². The molecule has 1 saturated carbocycles. The Bertz CT molecular complexity index is 261. The fraction of sp³-hybridized carbons (Fsp3) is 0.909. The lowest BCUT2D eigenvalue weighted by Gasteiger charge is -2.51. The summed E-state index contributed by atoms with van der Waals surface area (Å²) >= 11 is 0. The Balaban J connectivity index is 1.83. The van der Waals surface area contributed by atoms with Gasteiger partial charge in [-0.2, -0.15) is 0 Å². The quantitative estimate of drug-likeness (QED) is 0.699. The first kappa shape index (κ1) is 10.9. The minimum atomic E-state index is 0.0710. The van der Waals surface area contributed by atoms with E-state index in [2.05, 4.69) is 24.5 Å². The van der Waals surface area contributed by atoms with Crippen LogP contribution >= 0.6 is 0 Å². The van der Waals surface area contributed by atoms with Crippen molar-refractivity contribution in [3.8, 4) is 0 Å². The van der Waals surface area contributed by atoms with Crippen LogP contribution in [0.25, 0.3) is 0 Å². The van der Waals surface area contributed by atoms with Crippen LogP contribution in [0.1, 0.15) is 20.3 Å². The molecular weight excluding hydrogens is 192 g/mol. The zero-order chi connectivity index (χ0) is 11.1. The number of carbonyl (C=O) groups is 1. The van der Waals surface area contributed by atoms with Crippen molar-refractivity contribution in [1.29, 1.82) is 0 Å². The number of carbonyl (C=O) groups excluding carboxylic acids is 1. The Labute approximate surface area is 90.8 Å². The number of methoxy groups -OCH3 is 1. The maximum absolute atomic E-state index is 11.7. The Kier molecular flexibility index (Phi) is 2.73. The van der Waals surface area contributed by atoms with Crippen LogP contribution < -0.4 is 10.6 Å². The third-order valence-electron chi connectivity index (χ3n) is 3.93. The van der Waals surface area contributed by atoms with E-state index in [0.29, 0.717) is 0 Å². The number of hydrogen-bond donors (Lipinski definition) is 2. The molecule has 0 aromatic heterocycles. The van der Waals surface area contributed by atoms with Gasteiger partial charge in [-0.1, -0.05) is 13.8 Å². The summed E-state index contributed by atoms with van der Waals surface area (Å²) in [6.45, 7) is 5.95. The molecule has 2 fully saturated rings. The van der Waals surface area contributed by atoms with Crippen molar-refractivity contribution in [2.24, 2.45) is 11.3 Å². The summed E-state index contributed by atoms with van der Waals surface area (Å²) in [6, 6.07) is 0.274. The summed E-state index contributed by atoms with van der Waals surface area (Å²) in [6.07, 6.45) is 1.22. The van der Waals surface area contributed by atoms with Crippen LogP contribution in [0.15, 0.2) is 0 Å². The fourth-order valence-electron chi connectivity index (χ4n) is 2.29. The van der Waals surface area contributed by atoms with Gasteiger partial charge in [0.25, 0.3) is 0 Å². The zero-order valence-electron chi connectivity index (χ0n) is 9.67. The van der Waals surface area contributed by atoms with Gasteiger partial charge in [0.2, 0.25) is 5.91 Å². The first-order valence-corrected chi connectivity index (χ1v) is 5.59. The molecule has 1 aliphatic carbocycles. The van der Waals surface area contributed by atoms with Gasteiger partial charge in [0.1, 0.15) is 0 Å². The molecule has 0 spiro atoms. The van der Waals surface area contributed by atoms with E-state index >= 15 is 0 Å². The monoisotopic (exact) mass is 212 g/mol. The average Bonchev–Trinajstić information content (AvgIpc) is 2.08. The average molecular weight is 212 g/mol. The maximum atomic E-state index is 11.7. The summed E-state index contributed by atoms with van der Waals surface area (Å²) in [7, 11) is 1.74. The van der Waals surface area contributed by atoms with Gasteiger partial charge in [-0.25, -0.2) is 0 Å². The van der Waals surface area contributed by atoms with E-state index in [1.165, 1.54) is 0 Å². The molecule has 2 N–H and O–H groups in total. The van der Waals surface area contributed by atoms with E-state index < -0.39 is 0 Å². The minimum Gasteiger partial charge on any atom is -0.381 e. The molecule has 0 aromatic rings. The highest BCUT2D eigenvalue weighted by atomic mass is 16.5. The molecule has 1 heterocycles. The summed E-state index contributed by atoms with van der Waals surface area (Å²) in [5, 5.41) is 6.22. The van der Waals surface area contributed by atoms with Gasteiger partial charge in [-0.05, 0) is 6.42 Å². The highest BCUT2D eigenvalue weighted by Crippen LogP contribution is 2.42. The smallest absolute Gasteiger partial charge is 0.225 e. The predicted molar refractivity (Wildman–Crippen MR) is 57.5 cm³/mol. The summed E-state index contributed by atoms with van der Waals surface area (Å²) in [4.78, 5) is 11.7. The van der Waals surface area contributed by atoms with Crippen LogP contribution in [0.2, 0.25) is 0 Å². The lowest BCUT2D eigenvalue weighted by atomic mass is 9.64. The molecule has 15 heavy (non-hydrogen) atoms. The molecule has 0 radical (unpaired) electrons. The number of rotatable bonds is 3. The molecule has 1 saturated heterocycles. The summed E-state index contributed by atoms with van der Waals surface area (Å²) in [5.74, 6) is 0.378. The highest BCUT2D eigenvalue weighted by Gasteiger charge is 2.49. The van der Waals surface area contributed by atoms with E-state index in [0.717, 1.165) is 19.5 Å². The second-order valence-electron chi connectivity index (χ2n) is 5.20. The Morgan fingerprint density at radius 1 is 1.47 bits per heavy atom. The molecule has 2 atom stereocenters. The lowest BCUT2D eigenvalue weighted by Crippen LogP contribution is -2.64. The normalized spacial score (nSPS) is 34.1. The van der Waals surface area contributed by atoms with Crippen LogP contribution in [-0.2, 0) is 9.53 Å². The van der Waals surface area contributed by atoms with Crippen LogP contribution in [0.5, 0.6) is 0 Å². The number of hydrogen-bond acceptors (Lipinski definition) is 3. The highest BCUT2D eigenvalue weighted by molar-refractivity contribution is 5.80. The molecule has 86 valence electrons. The topological polar surface area (TPSA) is 50.4 Å². The zero-order valence-corrected chi connectivity index (χ0v) is 9.67. The second-order valence-corrected chi connectivity index (χ2v) is 5.20. The van der Waals surface area contributed by atoms with Gasteiger partial charge in [0, 0.05) is 31.7 Å². The van der Waals surface area contributed by atoms with Crippen LogP contribution in [0.3, 0.4) is 0 Å². The molecule has 4 heteroatoms. The van der Waals surface area contributed by atoms with Crippen molar-refractivity contribution in [1.82, 2.24) is 10.6 Å². The SMILES string of the molecule is COC1CC(NC(=O)C2CNC2)C1(C)C. The lowest BCUT2D eigenvalue weighted by molar-refractivity contribution is -0.137. The fourth-order valence-corrected chi connectivity index (χ4v) is 2.29. The molecule has 0 aromatic carbocycles. The Morgan fingerprint density at radius 2 is 2.13 bits per heavy atom. The molecule has 0 bridgehead atoms. The Morgan fingerprint density at radius 3 is 2.53 bits per heavy atom. The van der Waals surface area contributed by atoms with Gasteiger partial charge in [-0.15, -0.1) is 0 Å². The Hall–Kier alpha value is -0.610. The van der Waals surface area contributed by atoms with Crippen molar-refractivity contribution in [2.45, 2.75) is 32.4 Å².